The highest BCUT2D eigenvalue weighted by atomic mass is 16.3. The minimum Gasteiger partial charge on any atom is -0.385 e. The van der Waals surface area contributed by atoms with Crippen molar-refractivity contribution in [1.82, 2.24) is 0 Å². The van der Waals surface area contributed by atoms with Crippen LogP contribution in [0.15, 0.2) is 11.1 Å². The van der Waals surface area contributed by atoms with Crippen LogP contribution in [0.25, 0.3) is 0 Å². The van der Waals surface area contributed by atoms with Gasteiger partial charge in [0.25, 0.3) is 0 Å². The second-order valence-corrected chi connectivity index (χ2v) is 5.16. The van der Waals surface area contributed by atoms with Gasteiger partial charge in [-0.3, -0.25) is 4.79 Å². The quantitative estimate of drug-likeness (QED) is 0.698. The van der Waals surface area contributed by atoms with E-state index in [1.165, 1.54) is 5.57 Å². The van der Waals surface area contributed by atoms with Gasteiger partial charge in [0.05, 0.1) is 0 Å². The van der Waals surface area contributed by atoms with Gasteiger partial charge in [-0.25, -0.2) is 0 Å². The van der Waals surface area contributed by atoms with E-state index >= 15 is 0 Å². The molecule has 1 N–H and O–H groups in total. The summed E-state index contributed by atoms with van der Waals surface area (Å²) in [6.45, 7) is 10.2. The van der Waals surface area contributed by atoms with Gasteiger partial charge in [-0.05, 0) is 30.3 Å². The van der Waals surface area contributed by atoms with Gasteiger partial charge in [-0.1, -0.05) is 33.3 Å². The smallest absolute Gasteiger partial charge is 0.186 e. The van der Waals surface area contributed by atoms with Crippen molar-refractivity contribution in [2.75, 3.05) is 0 Å². The molecule has 14 heavy (non-hydrogen) atoms. The number of rotatable bonds is 1. The molecule has 0 bridgehead atoms. The summed E-state index contributed by atoms with van der Waals surface area (Å²) in [5.41, 5.74) is 1.92. The van der Waals surface area contributed by atoms with E-state index in [9.17, 15) is 9.90 Å². The monoisotopic (exact) mass is 196 g/mol. The summed E-state index contributed by atoms with van der Waals surface area (Å²) in [4.78, 5) is 11.6. The highest BCUT2D eigenvalue weighted by Crippen LogP contribution is 2.42. The summed E-state index contributed by atoms with van der Waals surface area (Å²) in [5.74, 6) is 0.287. The van der Waals surface area contributed by atoms with Crippen molar-refractivity contribution in [3.63, 3.8) is 0 Å². The van der Waals surface area contributed by atoms with Crippen molar-refractivity contribution in [2.24, 2.45) is 11.3 Å². The van der Waals surface area contributed by atoms with Crippen molar-refractivity contribution in [1.29, 1.82) is 0 Å². The van der Waals surface area contributed by atoms with Gasteiger partial charge < -0.3 is 5.11 Å². The van der Waals surface area contributed by atoms with Crippen molar-refractivity contribution in [3.8, 4) is 0 Å². The van der Waals surface area contributed by atoms with Gasteiger partial charge in [0.15, 0.2) is 5.78 Å². The number of carbonyl (C=O) groups is 1. The molecule has 0 aromatic carbocycles. The maximum absolute atomic E-state index is 11.6. The Hall–Kier alpha value is -0.630. The average molecular weight is 196 g/mol. The summed E-state index contributed by atoms with van der Waals surface area (Å²) < 4.78 is 0. The zero-order chi connectivity index (χ0) is 11.1. The van der Waals surface area contributed by atoms with Crippen LogP contribution in [0, 0.1) is 11.3 Å². The molecule has 0 aromatic rings. The van der Waals surface area contributed by atoms with Gasteiger partial charge in [-0.2, -0.15) is 0 Å². The summed E-state index contributed by atoms with van der Waals surface area (Å²) in [6.07, 6.45) is -0.246. The number of aliphatic hydroxyl groups is 1. The molecule has 0 saturated heterocycles. The van der Waals surface area contributed by atoms with Crippen molar-refractivity contribution >= 4 is 5.78 Å². The summed E-state index contributed by atoms with van der Waals surface area (Å²) in [6, 6.07) is 0. The molecule has 0 heterocycles. The first-order chi connectivity index (χ1) is 6.27. The molecule has 80 valence electrons. The third-order valence-corrected chi connectivity index (χ3v) is 3.09. The van der Waals surface area contributed by atoms with Gasteiger partial charge in [0, 0.05) is 0 Å². The van der Waals surface area contributed by atoms with Crippen LogP contribution in [-0.2, 0) is 4.79 Å². The molecule has 0 saturated carbocycles. The Morgan fingerprint density at radius 2 is 1.93 bits per heavy atom. The fourth-order valence-corrected chi connectivity index (χ4v) is 2.79. The van der Waals surface area contributed by atoms with Crippen molar-refractivity contribution in [3.05, 3.63) is 11.1 Å². The average Bonchev–Trinajstić information content (AvgIpc) is 1.98. The molecular weight excluding hydrogens is 176 g/mol. The first-order valence-electron chi connectivity index (χ1n) is 5.21. The van der Waals surface area contributed by atoms with E-state index in [4.69, 9.17) is 0 Å². The van der Waals surface area contributed by atoms with Crippen LogP contribution >= 0.6 is 0 Å². The van der Waals surface area contributed by atoms with Gasteiger partial charge in [-0.15, -0.1) is 0 Å². The maximum Gasteiger partial charge on any atom is 0.186 e. The summed E-state index contributed by atoms with van der Waals surface area (Å²) in [7, 11) is 0. The molecule has 0 aliphatic heterocycles. The molecule has 0 amide bonds. The fourth-order valence-electron chi connectivity index (χ4n) is 2.79. The summed E-state index contributed by atoms with van der Waals surface area (Å²) >= 11 is 0. The molecule has 2 heteroatoms. The lowest BCUT2D eigenvalue weighted by Crippen LogP contribution is -2.37. The molecule has 1 rings (SSSR count). The number of Topliss-reactive ketones (excluding diaryl/α,β-unsaturated/α-hetero) is 1. The molecule has 0 fully saturated rings. The number of ketones is 1. The normalized spacial score (nSPS) is 27.4. The lowest BCUT2D eigenvalue weighted by atomic mass is 9.67. The van der Waals surface area contributed by atoms with E-state index < -0.39 is 6.10 Å². The third-order valence-electron chi connectivity index (χ3n) is 3.09. The number of aliphatic hydroxyl groups excluding tert-OH is 1. The molecule has 1 aliphatic carbocycles. The van der Waals surface area contributed by atoms with E-state index in [0.29, 0.717) is 12.3 Å². The molecule has 2 nitrogen and oxygen atoms in total. The van der Waals surface area contributed by atoms with E-state index in [2.05, 4.69) is 27.7 Å². The lowest BCUT2D eigenvalue weighted by molar-refractivity contribution is -0.125. The standard InChI is InChI=1S/C12H20O2/c1-7(2)10-8(3)11(14)9(13)6-12(10,4)5/h7,9,13H,6H2,1-5H3/t9-/m0/s1. The third kappa shape index (κ3) is 1.76. The molecule has 1 aliphatic rings. The number of hydrogen-bond acceptors (Lipinski definition) is 2. The first-order valence-corrected chi connectivity index (χ1v) is 5.21. The minimum atomic E-state index is -0.799. The Labute approximate surface area is 86.0 Å². The zero-order valence-corrected chi connectivity index (χ0v) is 9.72. The number of allylic oxidation sites excluding steroid dienone is 1. The van der Waals surface area contributed by atoms with Crippen LogP contribution in [0.5, 0.6) is 0 Å². The first kappa shape index (κ1) is 11.4. The van der Waals surface area contributed by atoms with Crippen LogP contribution in [0.1, 0.15) is 41.0 Å². The second kappa shape index (κ2) is 3.50. The molecule has 0 spiro atoms. The zero-order valence-electron chi connectivity index (χ0n) is 9.72. The largest absolute Gasteiger partial charge is 0.385 e. The highest BCUT2D eigenvalue weighted by Gasteiger charge is 2.38. The van der Waals surface area contributed by atoms with Crippen LogP contribution < -0.4 is 0 Å². The molecule has 1 atom stereocenters. The number of hydrogen-bond donors (Lipinski definition) is 1. The van der Waals surface area contributed by atoms with Crippen molar-refractivity contribution in [2.45, 2.75) is 47.1 Å². The van der Waals surface area contributed by atoms with Crippen LogP contribution in [0.2, 0.25) is 0 Å². The van der Waals surface area contributed by atoms with Crippen LogP contribution in [0.3, 0.4) is 0 Å². The topological polar surface area (TPSA) is 37.3 Å². The molecule has 0 aromatic heterocycles. The molecule has 0 unspecified atom stereocenters. The number of carbonyl (C=O) groups excluding carboxylic acids is 1. The maximum atomic E-state index is 11.6. The lowest BCUT2D eigenvalue weighted by Gasteiger charge is -2.38. The van der Waals surface area contributed by atoms with Gasteiger partial charge >= 0.3 is 0 Å². The predicted molar refractivity (Wildman–Crippen MR) is 56.9 cm³/mol. The summed E-state index contributed by atoms with van der Waals surface area (Å²) in [5, 5.41) is 9.60. The Balaban J connectivity index is 3.24. The van der Waals surface area contributed by atoms with Crippen molar-refractivity contribution < 1.29 is 9.90 Å². The van der Waals surface area contributed by atoms with E-state index in [-0.39, 0.29) is 11.2 Å². The van der Waals surface area contributed by atoms with Crippen LogP contribution in [0.4, 0.5) is 0 Å². The minimum absolute atomic E-state index is 0.0500. The Morgan fingerprint density at radius 3 is 2.36 bits per heavy atom. The Morgan fingerprint density at radius 1 is 1.43 bits per heavy atom. The second-order valence-electron chi connectivity index (χ2n) is 5.16. The van der Waals surface area contributed by atoms with Crippen LogP contribution in [-0.4, -0.2) is 17.0 Å². The van der Waals surface area contributed by atoms with Gasteiger partial charge in [0.2, 0.25) is 0 Å². The Bertz CT molecular complexity index is 285. The predicted octanol–water partition coefficient (Wildman–Crippen LogP) is 2.32. The van der Waals surface area contributed by atoms with E-state index in [1.807, 2.05) is 6.92 Å². The SMILES string of the molecule is CC1=C(C(C)C)C(C)(C)C[C@H](O)C1=O. The Kier molecular flexibility index (Phi) is 2.86. The molecular formula is C12H20O2. The van der Waals surface area contributed by atoms with Gasteiger partial charge in [0.1, 0.15) is 6.10 Å². The highest BCUT2D eigenvalue weighted by molar-refractivity contribution is 6.00. The van der Waals surface area contributed by atoms with E-state index in [1.54, 1.807) is 0 Å². The fraction of sp³-hybridized carbons (Fsp3) is 0.750. The van der Waals surface area contributed by atoms with E-state index in [0.717, 1.165) is 5.57 Å². The molecule has 0 radical (unpaired) electrons.